The van der Waals surface area contributed by atoms with E-state index in [2.05, 4.69) is 41.6 Å². The number of carbonyl (C=O) groups is 1. The smallest absolute Gasteiger partial charge is 0.246 e. The summed E-state index contributed by atoms with van der Waals surface area (Å²) in [7, 11) is 3.57. The van der Waals surface area contributed by atoms with Gasteiger partial charge in [0.05, 0.1) is 23.6 Å². The predicted molar refractivity (Wildman–Crippen MR) is 80.9 cm³/mol. The van der Waals surface area contributed by atoms with E-state index in [0.717, 1.165) is 5.56 Å². The normalized spacial score (nSPS) is 13.2. The van der Waals surface area contributed by atoms with Crippen LogP contribution in [-0.2, 0) is 17.4 Å². The number of hydrogen-bond acceptors (Lipinski definition) is 4. The summed E-state index contributed by atoms with van der Waals surface area (Å²) in [6, 6.07) is -0.448. The highest BCUT2D eigenvalue weighted by Crippen LogP contribution is 2.18. The molecule has 0 aliphatic carbocycles. The fraction of sp³-hybridized carbons (Fsp3) is 0.500. The summed E-state index contributed by atoms with van der Waals surface area (Å²) >= 11 is 0. The second-order valence-electron chi connectivity index (χ2n) is 6.00. The van der Waals surface area contributed by atoms with Crippen LogP contribution >= 0.6 is 0 Å². The van der Waals surface area contributed by atoms with Crippen LogP contribution in [0.2, 0.25) is 0 Å². The fourth-order valence-corrected chi connectivity index (χ4v) is 2.01. The number of rotatable bonds is 4. The molecule has 21 heavy (non-hydrogen) atoms. The molecule has 0 saturated carbocycles. The van der Waals surface area contributed by atoms with Crippen LogP contribution in [0.4, 0.5) is 5.69 Å². The number of aryl methyl sites for hydroxylation is 1. The zero-order valence-corrected chi connectivity index (χ0v) is 13.1. The minimum Gasteiger partial charge on any atom is -0.322 e. The molecular formula is C14H22N6O. The number of nitrogens with one attached hydrogen (secondary N) is 2. The van der Waals surface area contributed by atoms with Crippen molar-refractivity contribution in [3.8, 4) is 0 Å². The molecule has 2 rings (SSSR count). The summed E-state index contributed by atoms with van der Waals surface area (Å²) in [4.78, 5) is 12.4. The number of nitrogens with zero attached hydrogens (tertiary/aromatic N) is 4. The number of likely N-dealkylation sites (N-methyl/N-ethyl adjacent to an activating group) is 1. The van der Waals surface area contributed by atoms with Crippen molar-refractivity contribution in [3.05, 3.63) is 30.4 Å². The van der Waals surface area contributed by atoms with Crippen molar-refractivity contribution >= 4 is 11.6 Å². The van der Waals surface area contributed by atoms with Gasteiger partial charge >= 0.3 is 0 Å². The number of amides is 1. The number of hydrogen-bond donors (Lipinski definition) is 2. The minimum absolute atomic E-state index is 0.116. The van der Waals surface area contributed by atoms with Crippen LogP contribution in [0.3, 0.4) is 0 Å². The maximum absolute atomic E-state index is 12.4. The molecule has 0 bridgehead atoms. The third kappa shape index (κ3) is 3.49. The second-order valence-corrected chi connectivity index (χ2v) is 6.00. The molecular weight excluding hydrogens is 268 g/mol. The van der Waals surface area contributed by atoms with Crippen molar-refractivity contribution < 1.29 is 4.79 Å². The molecule has 1 amide bonds. The molecule has 1 atom stereocenters. The van der Waals surface area contributed by atoms with Crippen molar-refractivity contribution in [3.63, 3.8) is 0 Å². The summed E-state index contributed by atoms with van der Waals surface area (Å²) in [5, 5.41) is 14.2. The molecule has 7 heteroatoms. The van der Waals surface area contributed by atoms with Crippen LogP contribution in [0.5, 0.6) is 0 Å². The molecule has 2 aromatic heterocycles. The second kappa shape index (κ2) is 5.69. The van der Waals surface area contributed by atoms with Gasteiger partial charge in [0.1, 0.15) is 6.04 Å². The van der Waals surface area contributed by atoms with Crippen molar-refractivity contribution in [1.82, 2.24) is 24.9 Å². The monoisotopic (exact) mass is 290 g/mol. The lowest BCUT2D eigenvalue weighted by Gasteiger charge is -2.18. The number of aromatic nitrogens is 4. The van der Waals surface area contributed by atoms with E-state index in [4.69, 9.17) is 0 Å². The maximum Gasteiger partial charge on any atom is 0.246 e. The first-order valence-electron chi connectivity index (χ1n) is 6.83. The molecule has 114 valence electrons. The third-order valence-electron chi connectivity index (χ3n) is 3.15. The molecule has 2 aromatic rings. The lowest BCUT2D eigenvalue weighted by atomic mass is 10.1. The van der Waals surface area contributed by atoms with Crippen molar-refractivity contribution in [2.75, 3.05) is 12.4 Å². The summed E-state index contributed by atoms with van der Waals surface area (Å²) in [5.74, 6) is -0.140. The Labute approximate surface area is 124 Å². The first kappa shape index (κ1) is 15.2. The summed E-state index contributed by atoms with van der Waals surface area (Å²) in [6.45, 7) is 6.16. The Morgan fingerprint density at radius 1 is 1.24 bits per heavy atom. The lowest BCUT2D eigenvalue weighted by molar-refractivity contribution is -0.118. The molecule has 0 aliphatic heterocycles. The molecule has 0 aromatic carbocycles. The molecule has 2 N–H and O–H groups in total. The quantitative estimate of drug-likeness (QED) is 0.889. The van der Waals surface area contributed by atoms with Gasteiger partial charge < -0.3 is 10.6 Å². The predicted octanol–water partition coefficient (Wildman–Crippen LogP) is 1.27. The van der Waals surface area contributed by atoms with E-state index < -0.39 is 6.04 Å². The molecule has 2 heterocycles. The molecule has 1 unspecified atom stereocenters. The summed E-state index contributed by atoms with van der Waals surface area (Å²) in [5.41, 5.74) is 1.38. The van der Waals surface area contributed by atoms with Gasteiger partial charge in [0, 0.05) is 25.0 Å². The molecule has 0 aliphatic rings. The van der Waals surface area contributed by atoms with E-state index in [1.54, 1.807) is 24.1 Å². The zero-order chi connectivity index (χ0) is 15.6. The number of anilines is 1. The first-order valence-corrected chi connectivity index (χ1v) is 6.83. The summed E-state index contributed by atoms with van der Waals surface area (Å²) < 4.78 is 3.49. The average molecular weight is 290 g/mol. The van der Waals surface area contributed by atoms with E-state index in [1.807, 2.05) is 24.1 Å². The van der Waals surface area contributed by atoms with Gasteiger partial charge in [-0.2, -0.15) is 10.2 Å². The highest BCUT2D eigenvalue weighted by molar-refractivity contribution is 5.95. The van der Waals surface area contributed by atoms with Crippen molar-refractivity contribution in [2.45, 2.75) is 32.4 Å². The fourth-order valence-electron chi connectivity index (χ4n) is 2.01. The SMILES string of the molecule is CNC(C(=O)Nc1cnn(C(C)(C)C)c1)c1cnn(C)c1. The van der Waals surface area contributed by atoms with E-state index in [1.165, 1.54) is 0 Å². The van der Waals surface area contributed by atoms with Crippen LogP contribution in [-0.4, -0.2) is 32.5 Å². The van der Waals surface area contributed by atoms with Gasteiger partial charge in [-0.25, -0.2) is 0 Å². The Bertz CT molecular complexity index is 621. The molecule has 0 saturated heterocycles. The minimum atomic E-state index is -0.448. The Kier molecular flexibility index (Phi) is 4.13. The Balaban J connectivity index is 2.11. The standard InChI is InChI=1S/C14H22N6O/c1-14(2,3)20-9-11(7-17-20)18-13(21)12(15-4)10-6-16-19(5)8-10/h6-9,12,15H,1-5H3,(H,18,21). The van der Waals surface area contributed by atoms with E-state index in [0.29, 0.717) is 5.69 Å². The van der Waals surface area contributed by atoms with Crippen LogP contribution in [0.25, 0.3) is 0 Å². The Morgan fingerprint density at radius 2 is 1.95 bits per heavy atom. The van der Waals surface area contributed by atoms with Gasteiger partial charge in [-0.1, -0.05) is 0 Å². The van der Waals surface area contributed by atoms with Gasteiger partial charge in [0.25, 0.3) is 0 Å². The largest absolute Gasteiger partial charge is 0.322 e. The lowest BCUT2D eigenvalue weighted by Crippen LogP contribution is -2.30. The van der Waals surface area contributed by atoms with Gasteiger partial charge in [-0.05, 0) is 27.8 Å². The highest BCUT2D eigenvalue weighted by Gasteiger charge is 2.21. The highest BCUT2D eigenvalue weighted by atomic mass is 16.2. The van der Waals surface area contributed by atoms with Gasteiger partial charge in [0.15, 0.2) is 0 Å². The van der Waals surface area contributed by atoms with Crippen molar-refractivity contribution in [1.29, 1.82) is 0 Å². The number of carbonyl (C=O) groups excluding carboxylic acids is 1. The van der Waals surface area contributed by atoms with Crippen LogP contribution in [0.15, 0.2) is 24.8 Å². The topological polar surface area (TPSA) is 76.8 Å². The molecule has 7 nitrogen and oxygen atoms in total. The Morgan fingerprint density at radius 3 is 2.43 bits per heavy atom. The first-order chi connectivity index (χ1) is 9.81. The van der Waals surface area contributed by atoms with Gasteiger partial charge in [-0.15, -0.1) is 0 Å². The van der Waals surface area contributed by atoms with E-state index in [-0.39, 0.29) is 11.4 Å². The van der Waals surface area contributed by atoms with Crippen LogP contribution in [0, 0.1) is 0 Å². The average Bonchev–Trinajstić information content (AvgIpc) is 2.99. The maximum atomic E-state index is 12.4. The molecule has 0 radical (unpaired) electrons. The Hall–Kier alpha value is -2.15. The zero-order valence-electron chi connectivity index (χ0n) is 13.1. The van der Waals surface area contributed by atoms with Crippen LogP contribution in [0.1, 0.15) is 32.4 Å². The van der Waals surface area contributed by atoms with Crippen LogP contribution < -0.4 is 10.6 Å². The van der Waals surface area contributed by atoms with E-state index in [9.17, 15) is 4.79 Å². The van der Waals surface area contributed by atoms with Gasteiger partial charge in [-0.3, -0.25) is 14.2 Å². The summed E-state index contributed by atoms with van der Waals surface area (Å²) in [6.07, 6.45) is 6.98. The molecule has 0 spiro atoms. The molecule has 0 fully saturated rings. The van der Waals surface area contributed by atoms with Gasteiger partial charge in [0.2, 0.25) is 5.91 Å². The van der Waals surface area contributed by atoms with E-state index >= 15 is 0 Å². The third-order valence-corrected chi connectivity index (χ3v) is 3.15. The van der Waals surface area contributed by atoms with Crippen molar-refractivity contribution in [2.24, 2.45) is 7.05 Å².